The summed E-state index contributed by atoms with van der Waals surface area (Å²) >= 11 is 0. The molecule has 15 heteroatoms. The fourth-order valence-corrected chi connectivity index (χ4v) is 3.00. The molecule has 0 bridgehead atoms. The van der Waals surface area contributed by atoms with Gasteiger partial charge in [-0.05, 0) is 19.1 Å². The van der Waals surface area contributed by atoms with Crippen molar-refractivity contribution in [3.8, 4) is 5.69 Å². The number of halogens is 9. The second kappa shape index (κ2) is 6.76. The Hall–Kier alpha value is -2.97. The van der Waals surface area contributed by atoms with E-state index in [-0.39, 0.29) is 11.4 Å². The predicted molar refractivity (Wildman–Crippen MR) is 89.1 cm³/mol. The molecule has 0 aliphatic carbocycles. The van der Waals surface area contributed by atoms with Gasteiger partial charge in [0.1, 0.15) is 5.69 Å². The number of aromatic nitrogens is 2. The topological polar surface area (TPSA) is 65.3 Å². The van der Waals surface area contributed by atoms with Crippen LogP contribution < -0.4 is 10.9 Å². The molecule has 0 spiro atoms. The Morgan fingerprint density at radius 2 is 1.53 bits per heavy atom. The van der Waals surface area contributed by atoms with Crippen LogP contribution in [0.2, 0.25) is 0 Å². The molecule has 1 fully saturated rings. The molecule has 1 aliphatic heterocycles. The number of ether oxygens (including phenoxy) is 1. The molecule has 1 aromatic heterocycles. The Balaban J connectivity index is 2.04. The van der Waals surface area contributed by atoms with Crippen LogP contribution in [0.15, 0.2) is 35.1 Å². The highest BCUT2D eigenvalue weighted by Crippen LogP contribution is 2.64. The molecule has 1 saturated heterocycles. The van der Waals surface area contributed by atoms with Crippen molar-refractivity contribution in [3.05, 3.63) is 46.4 Å². The molecule has 176 valence electrons. The summed E-state index contributed by atoms with van der Waals surface area (Å²) in [5, 5.41) is 1.16. The summed E-state index contributed by atoms with van der Waals surface area (Å²) in [5.41, 5.74) is -2.24. The third-order valence-electron chi connectivity index (χ3n) is 4.91. The van der Waals surface area contributed by atoms with Gasteiger partial charge in [0, 0.05) is 7.05 Å². The van der Waals surface area contributed by atoms with Crippen molar-refractivity contribution < 1.29 is 49.0 Å². The Labute approximate surface area is 172 Å². The zero-order chi connectivity index (χ0) is 24.5. The number of rotatable bonds is 4. The van der Waals surface area contributed by atoms with Crippen molar-refractivity contribution in [3.63, 3.8) is 0 Å². The smallest absolute Gasteiger partial charge is 0.314 e. The van der Waals surface area contributed by atoms with E-state index in [1.165, 1.54) is 31.3 Å². The van der Waals surface area contributed by atoms with Crippen LogP contribution in [-0.2, 0) is 16.6 Å². The van der Waals surface area contributed by atoms with Gasteiger partial charge in [-0.15, -0.1) is 0 Å². The van der Waals surface area contributed by atoms with E-state index in [1.807, 2.05) is 0 Å². The number of nitrogens with zero attached hydrogens (tertiary/aromatic N) is 2. The van der Waals surface area contributed by atoms with Gasteiger partial charge in [-0.25, -0.2) is 4.68 Å². The van der Waals surface area contributed by atoms with Crippen LogP contribution in [0.25, 0.3) is 5.69 Å². The van der Waals surface area contributed by atoms with E-state index < -0.39 is 46.9 Å². The fraction of sp³-hybridized carbons (Fsp3) is 0.412. The maximum Gasteiger partial charge on any atom is 0.428 e. The Morgan fingerprint density at radius 3 is 2.00 bits per heavy atom. The number of hydrogen-bond acceptors (Lipinski definition) is 3. The lowest BCUT2D eigenvalue weighted by atomic mass is 9.99. The summed E-state index contributed by atoms with van der Waals surface area (Å²) in [6, 6.07) is 7.34. The van der Waals surface area contributed by atoms with Crippen molar-refractivity contribution in [1.82, 2.24) is 9.36 Å². The molecule has 1 aromatic carbocycles. The van der Waals surface area contributed by atoms with Crippen molar-refractivity contribution in [2.75, 3.05) is 5.32 Å². The summed E-state index contributed by atoms with van der Waals surface area (Å²) in [7, 11) is 1.24. The number of anilines is 1. The van der Waals surface area contributed by atoms with Crippen molar-refractivity contribution in [2.45, 2.75) is 36.7 Å². The van der Waals surface area contributed by atoms with Gasteiger partial charge >= 0.3 is 35.6 Å². The van der Waals surface area contributed by atoms with Crippen LogP contribution in [-0.4, -0.2) is 45.0 Å². The van der Waals surface area contributed by atoms with E-state index in [0.29, 0.717) is 0 Å². The second-order valence-electron chi connectivity index (χ2n) is 6.83. The number of nitrogens with one attached hydrogen (secondary N) is 1. The first-order valence-electron chi connectivity index (χ1n) is 8.50. The highest BCUT2D eigenvalue weighted by molar-refractivity contribution is 5.97. The summed E-state index contributed by atoms with van der Waals surface area (Å²) < 4.78 is 127. The van der Waals surface area contributed by atoms with Crippen molar-refractivity contribution >= 4 is 11.6 Å². The van der Waals surface area contributed by atoms with Crippen LogP contribution in [0.4, 0.5) is 45.2 Å². The standard InChI is InChI=1S/C17H12F9N3O3/c1-8-10(11(30)29(28(8)2)9-6-4-3-5-7-9)27-12(31)13(18,19)16(24)14(20,21)15(22,23)17(25,26)32-16/h3-7H,1-2H3,(H,27,31)/t16-/m1/s1. The Kier molecular flexibility index (Phi) is 5.01. The van der Waals surface area contributed by atoms with Gasteiger partial charge in [-0.1, -0.05) is 18.2 Å². The van der Waals surface area contributed by atoms with E-state index in [2.05, 4.69) is 4.74 Å². The van der Waals surface area contributed by atoms with Gasteiger partial charge in [-0.3, -0.25) is 19.0 Å². The number of benzene rings is 1. The average molecular weight is 477 g/mol. The lowest BCUT2D eigenvalue weighted by molar-refractivity contribution is -0.366. The van der Waals surface area contributed by atoms with Crippen LogP contribution >= 0.6 is 0 Å². The quantitative estimate of drug-likeness (QED) is 0.685. The third kappa shape index (κ3) is 2.79. The Bertz CT molecular complexity index is 1130. The second-order valence-corrected chi connectivity index (χ2v) is 6.83. The van der Waals surface area contributed by atoms with Gasteiger partial charge in [0.15, 0.2) is 0 Å². The van der Waals surface area contributed by atoms with Crippen molar-refractivity contribution in [2.24, 2.45) is 7.05 Å². The molecule has 1 atom stereocenters. The molecule has 6 nitrogen and oxygen atoms in total. The number of carbonyl (C=O) groups is 1. The minimum Gasteiger partial charge on any atom is -0.314 e. The highest BCUT2D eigenvalue weighted by Gasteiger charge is 2.96. The average Bonchev–Trinajstić information content (AvgIpc) is 2.95. The number of alkyl halides is 9. The molecule has 0 radical (unpaired) electrons. The summed E-state index contributed by atoms with van der Waals surface area (Å²) in [4.78, 5) is 24.5. The molecule has 2 heterocycles. The first kappa shape index (κ1) is 23.7. The van der Waals surface area contributed by atoms with E-state index in [0.717, 1.165) is 21.6 Å². The molecule has 3 rings (SSSR count). The Morgan fingerprint density at radius 1 is 1.00 bits per heavy atom. The first-order valence-corrected chi connectivity index (χ1v) is 8.50. The molecule has 0 saturated carbocycles. The van der Waals surface area contributed by atoms with Gasteiger partial charge in [0.25, 0.3) is 5.56 Å². The normalized spacial score (nSPS) is 23.8. The molecule has 1 amide bonds. The third-order valence-corrected chi connectivity index (χ3v) is 4.91. The first-order chi connectivity index (χ1) is 14.4. The van der Waals surface area contributed by atoms with E-state index in [9.17, 15) is 49.1 Å². The number of para-hydroxylation sites is 1. The monoisotopic (exact) mass is 477 g/mol. The molecule has 32 heavy (non-hydrogen) atoms. The van der Waals surface area contributed by atoms with Crippen LogP contribution in [0, 0.1) is 6.92 Å². The number of amides is 1. The van der Waals surface area contributed by atoms with Crippen LogP contribution in [0.5, 0.6) is 0 Å². The highest BCUT2D eigenvalue weighted by atomic mass is 19.4. The number of carbonyl (C=O) groups excluding carboxylic acids is 1. The fourth-order valence-electron chi connectivity index (χ4n) is 3.00. The molecule has 0 unspecified atom stereocenters. The van der Waals surface area contributed by atoms with E-state index in [4.69, 9.17) is 0 Å². The summed E-state index contributed by atoms with van der Waals surface area (Å²) in [5.74, 6) is -29.3. The van der Waals surface area contributed by atoms with E-state index >= 15 is 0 Å². The van der Waals surface area contributed by atoms with Gasteiger partial charge in [0.2, 0.25) is 0 Å². The lowest BCUT2D eigenvalue weighted by Crippen LogP contribution is -2.63. The summed E-state index contributed by atoms with van der Waals surface area (Å²) in [6.45, 7) is 1.11. The van der Waals surface area contributed by atoms with Crippen LogP contribution in [0.1, 0.15) is 5.69 Å². The number of hydrogen-bond donors (Lipinski definition) is 1. The van der Waals surface area contributed by atoms with E-state index in [1.54, 1.807) is 6.07 Å². The zero-order valence-corrected chi connectivity index (χ0v) is 15.9. The molecular weight excluding hydrogens is 465 g/mol. The maximum absolute atomic E-state index is 14.3. The summed E-state index contributed by atoms with van der Waals surface area (Å²) in [6.07, 6.45) is -6.36. The SMILES string of the molecule is Cc1c(NC(=O)C(F)(F)[C@@]2(F)OC(F)(F)C(F)(F)C2(F)F)c(=O)n(-c2ccccc2)n1C. The van der Waals surface area contributed by atoms with Gasteiger partial charge in [-0.2, -0.15) is 39.5 Å². The van der Waals surface area contributed by atoms with Crippen LogP contribution in [0.3, 0.4) is 0 Å². The maximum atomic E-state index is 14.3. The largest absolute Gasteiger partial charge is 0.428 e. The van der Waals surface area contributed by atoms with Crippen molar-refractivity contribution in [1.29, 1.82) is 0 Å². The molecule has 1 N–H and O–H groups in total. The van der Waals surface area contributed by atoms with Gasteiger partial charge in [0.05, 0.1) is 11.4 Å². The minimum atomic E-state index is -6.82. The lowest BCUT2D eigenvalue weighted by Gasteiger charge is -2.31. The minimum absolute atomic E-state index is 0.169. The molecular formula is C17H12F9N3O3. The van der Waals surface area contributed by atoms with Gasteiger partial charge < -0.3 is 5.32 Å². The zero-order valence-electron chi connectivity index (χ0n) is 15.9. The predicted octanol–water partition coefficient (Wildman–Crippen LogP) is 3.62. The molecule has 1 aliphatic rings. The molecule has 2 aromatic rings.